The first-order valence-corrected chi connectivity index (χ1v) is 8.81. The molecular formula is C20H19N3O5. The van der Waals surface area contributed by atoms with Crippen LogP contribution in [0.25, 0.3) is 0 Å². The van der Waals surface area contributed by atoms with E-state index in [1.165, 1.54) is 18.0 Å². The van der Waals surface area contributed by atoms with E-state index < -0.39 is 0 Å². The van der Waals surface area contributed by atoms with Gasteiger partial charge in [-0.15, -0.1) is 0 Å². The lowest BCUT2D eigenvalue weighted by Crippen LogP contribution is -2.43. The predicted octanol–water partition coefficient (Wildman–Crippen LogP) is 2.22. The molecule has 0 saturated carbocycles. The number of benzene rings is 2. The number of carbonyl (C=O) groups is 3. The van der Waals surface area contributed by atoms with Gasteiger partial charge in [-0.25, -0.2) is 4.79 Å². The molecule has 4 rings (SSSR count). The smallest absolute Gasteiger partial charge is 0.321 e. The Bertz CT molecular complexity index is 974. The fourth-order valence-electron chi connectivity index (χ4n) is 3.20. The summed E-state index contributed by atoms with van der Waals surface area (Å²) >= 11 is 0. The van der Waals surface area contributed by atoms with Crippen molar-refractivity contribution >= 4 is 23.5 Å². The standard InChI is InChI=1S/C20H19N3O5/c1-22(10-13-11-27-16-5-3-4-6-17(16)28-13)20(26)21-12-7-8-14-15(9-12)19(25)23(2)18(14)24/h3-9,13H,10-11H2,1-2H3,(H,21,26)/t13-/m0/s1. The summed E-state index contributed by atoms with van der Waals surface area (Å²) in [5.41, 5.74) is 1.07. The van der Waals surface area contributed by atoms with Crippen molar-refractivity contribution in [2.45, 2.75) is 6.10 Å². The molecule has 144 valence electrons. The third-order valence-corrected chi connectivity index (χ3v) is 4.73. The van der Waals surface area contributed by atoms with Crippen LogP contribution in [0.5, 0.6) is 11.5 Å². The summed E-state index contributed by atoms with van der Waals surface area (Å²) in [6, 6.07) is 11.7. The maximum absolute atomic E-state index is 12.5. The van der Waals surface area contributed by atoms with E-state index in [1.54, 1.807) is 19.2 Å². The quantitative estimate of drug-likeness (QED) is 0.824. The van der Waals surface area contributed by atoms with E-state index in [0.717, 1.165) is 4.90 Å². The van der Waals surface area contributed by atoms with E-state index >= 15 is 0 Å². The molecule has 0 aromatic heterocycles. The minimum Gasteiger partial charge on any atom is -0.486 e. The normalized spacial score (nSPS) is 17.4. The molecule has 2 heterocycles. The third kappa shape index (κ3) is 3.13. The van der Waals surface area contributed by atoms with Crippen LogP contribution < -0.4 is 14.8 Å². The lowest BCUT2D eigenvalue weighted by atomic mass is 10.1. The number of carbonyl (C=O) groups excluding carboxylic acids is 3. The molecule has 0 spiro atoms. The monoisotopic (exact) mass is 381 g/mol. The van der Waals surface area contributed by atoms with Crippen LogP contribution in [0.15, 0.2) is 42.5 Å². The minimum atomic E-state index is -0.379. The molecule has 2 aromatic carbocycles. The number of likely N-dealkylation sites (N-methyl/N-ethyl adjacent to an activating group) is 1. The Kier molecular flexibility index (Phi) is 4.38. The van der Waals surface area contributed by atoms with Crippen molar-refractivity contribution in [2.75, 3.05) is 32.6 Å². The van der Waals surface area contributed by atoms with Crippen LogP contribution in [0.1, 0.15) is 20.7 Å². The summed E-state index contributed by atoms with van der Waals surface area (Å²) < 4.78 is 11.5. The average Bonchev–Trinajstić information content (AvgIpc) is 2.91. The fraction of sp³-hybridized carbons (Fsp3) is 0.250. The Morgan fingerprint density at radius 2 is 1.86 bits per heavy atom. The highest BCUT2D eigenvalue weighted by Gasteiger charge is 2.33. The van der Waals surface area contributed by atoms with Gasteiger partial charge in [-0.3, -0.25) is 14.5 Å². The van der Waals surface area contributed by atoms with Crippen molar-refractivity contribution in [2.24, 2.45) is 0 Å². The first-order valence-electron chi connectivity index (χ1n) is 8.81. The van der Waals surface area contributed by atoms with Gasteiger partial charge >= 0.3 is 6.03 Å². The van der Waals surface area contributed by atoms with E-state index in [-0.39, 0.29) is 29.5 Å². The van der Waals surface area contributed by atoms with Crippen LogP contribution in [0.2, 0.25) is 0 Å². The van der Waals surface area contributed by atoms with Gasteiger partial charge < -0.3 is 19.7 Å². The predicted molar refractivity (Wildman–Crippen MR) is 101 cm³/mol. The van der Waals surface area contributed by atoms with Crippen molar-refractivity contribution in [3.8, 4) is 11.5 Å². The second-order valence-electron chi connectivity index (χ2n) is 6.74. The van der Waals surface area contributed by atoms with Gasteiger partial charge in [0, 0.05) is 19.8 Å². The molecule has 2 aliphatic rings. The average molecular weight is 381 g/mol. The zero-order chi connectivity index (χ0) is 19.8. The number of urea groups is 1. The van der Waals surface area contributed by atoms with Crippen LogP contribution in [-0.2, 0) is 0 Å². The first kappa shape index (κ1) is 17.8. The third-order valence-electron chi connectivity index (χ3n) is 4.73. The Balaban J connectivity index is 1.39. The SMILES string of the molecule is CN(C[C@H]1COc2ccccc2O1)C(=O)Nc1ccc2c(c1)C(=O)N(C)C2=O. The molecule has 0 aliphatic carbocycles. The fourth-order valence-corrected chi connectivity index (χ4v) is 3.20. The zero-order valence-corrected chi connectivity index (χ0v) is 15.5. The Labute approximate surface area is 161 Å². The number of amides is 4. The number of anilines is 1. The number of rotatable bonds is 3. The maximum Gasteiger partial charge on any atom is 0.321 e. The topological polar surface area (TPSA) is 88.2 Å². The number of para-hydroxylation sites is 2. The van der Waals surface area contributed by atoms with Crippen molar-refractivity contribution < 1.29 is 23.9 Å². The van der Waals surface area contributed by atoms with E-state index in [1.807, 2.05) is 24.3 Å². The lowest BCUT2D eigenvalue weighted by Gasteiger charge is -2.29. The van der Waals surface area contributed by atoms with E-state index in [0.29, 0.717) is 35.9 Å². The number of nitrogens with one attached hydrogen (secondary N) is 1. The molecule has 0 saturated heterocycles. The number of imide groups is 1. The highest BCUT2D eigenvalue weighted by molar-refractivity contribution is 6.21. The van der Waals surface area contributed by atoms with E-state index in [2.05, 4.69) is 5.32 Å². The second-order valence-corrected chi connectivity index (χ2v) is 6.74. The summed E-state index contributed by atoms with van der Waals surface area (Å²) in [6.07, 6.45) is -0.293. The van der Waals surface area contributed by atoms with E-state index in [9.17, 15) is 14.4 Å². The Hall–Kier alpha value is -3.55. The molecule has 8 heteroatoms. The first-order chi connectivity index (χ1) is 13.4. The summed E-state index contributed by atoms with van der Waals surface area (Å²) in [5.74, 6) is 0.618. The Morgan fingerprint density at radius 3 is 2.64 bits per heavy atom. The van der Waals surface area contributed by atoms with Crippen molar-refractivity contribution in [1.82, 2.24) is 9.80 Å². The van der Waals surface area contributed by atoms with Gasteiger partial charge in [-0.05, 0) is 30.3 Å². The molecule has 2 aliphatic heterocycles. The molecule has 1 atom stereocenters. The van der Waals surface area contributed by atoms with Gasteiger partial charge in [0.15, 0.2) is 17.6 Å². The Morgan fingerprint density at radius 1 is 1.14 bits per heavy atom. The molecule has 4 amide bonds. The maximum atomic E-state index is 12.5. The molecular weight excluding hydrogens is 362 g/mol. The van der Waals surface area contributed by atoms with Crippen LogP contribution in [0, 0.1) is 0 Å². The van der Waals surface area contributed by atoms with E-state index in [4.69, 9.17) is 9.47 Å². The molecule has 0 radical (unpaired) electrons. The molecule has 0 fully saturated rings. The van der Waals surface area contributed by atoms with Crippen molar-refractivity contribution in [3.05, 3.63) is 53.6 Å². The zero-order valence-electron chi connectivity index (χ0n) is 15.5. The number of nitrogens with zero attached hydrogens (tertiary/aromatic N) is 2. The molecule has 1 N–H and O–H groups in total. The minimum absolute atomic E-state index is 0.286. The largest absolute Gasteiger partial charge is 0.486 e. The van der Waals surface area contributed by atoms with Crippen molar-refractivity contribution in [3.63, 3.8) is 0 Å². The molecule has 0 bridgehead atoms. The second kappa shape index (κ2) is 6.88. The molecule has 0 unspecified atom stereocenters. The van der Waals surface area contributed by atoms with Gasteiger partial charge in [0.25, 0.3) is 11.8 Å². The number of ether oxygens (including phenoxy) is 2. The number of fused-ring (bicyclic) bond motifs is 2. The van der Waals surface area contributed by atoms with Gasteiger partial charge in [0.1, 0.15) is 6.61 Å². The van der Waals surface area contributed by atoms with Gasteiger partial charge in [-0.2, -0.15) is 0 Å². The van der Waals surface area contributed by atoms with Gasteiger partial charge in [0.2, 0.25) is 0 Å². The lowest BCUT2D eigenvalue weighted by molar-refractivity contribution is 0.0693. The summed E-state index contributed by atoms with van der Waals surface area (Å²) in [7, 11) is 3.08. The summed E-state index contributed by atoms with van der Waals surface area (Å²) in [4.78, 5) is 39.1. The highest BCUT2D eigenvalue weighted by atomic mass is 16.6. The number of hydrogen-bond donors (Lipinski definition) is 1. The number of hydrogen-bond acceptors (Lipinski definition) is 5. The van der Waals surface area contributed by atoms with Crippen molar-refractivity contribution in [1.29, 1.82) is 0 Å². The summed E-state index contributed by atoms with van der Waals surface area (Å²) in [6.45, 7) is 0.668. The van der Waals surface area contributed by atoms with Crippen LogP contribution >= 0.6 is 0 Å². The summed E-state index contributed by atoms with van der Waals surface area (Å²) in [5, 5.41) is 2.74. The van der Waals surface area contributed by atoms with Crippen LogP contribution in [-0.4, -0.2) is 61.0 Å². The highest BCUT2D eigenvalue weighted by Crippen LogP contribution is 2.31. The molecule has 8 nitrogen and oxygen atoms in total. The van der Waals surface area contributed by atoms with Crippen LogP contribution in [0.3, 0.4) is 0 Å². The van der Waals surface area contributed by atoms with Crippen LogP contribution in [0.4, 0.5) is 10.5 Å². The van der Waals surface area contributed by atoms with Gasteiger partial charge in [-0.1, -0.05) is 12.1 Å². The molecule has 2 aromatic rings. The molecule has 28 heavy (non-hydrogen) atoms. The van der Waals surface area contributed by atoms with Gasteiger partial charge in [0.05, 0.1) is 17.7 Å².